The van der Waals surface area contributed by atoms with Crippen molar-refractivity contribution in [3.8, 4) is 5.75 Å². The number of hydrogen-bond acceptors (Lipinski definition) is 3. The average molecular weight is 342 g/mol. The van der Waals surface area contributed by atoms with Crippen LogP contribution in [0.1, 0.15) is 30.9 Å². The number of nitrogens with two attached hydrogens (primary N) is 1. The molecular formula is C16H24BrNO2. The van der Waals surface area contributed by atoms with Crippen LogP contribution in [-0.4, -0.2) is 25.9 Å². The predicted molar refractivity (Wildman–Crippen MR) is 85.3 cm³/mol. The van der Waals surface area contributed by atoms with Crippen LogP contribution in [0.2, 0.25) is 0 Å². The SMILES string of the molecule is CCC(N)Cc1cc(Br)cc(C)c1OCC1CCOC1. The van der Waals surface area contributed by atoms with Crippen LogP contribution in [0.25, 0.3) is 0 Å². The van der Waals surface area contributed by atoms with E-state index < -0.39 is 0 Å². The van der Waals surface area contributed by atoms with Gasteiger partial charge in [0, 0.05) is 23.0 Å². The van der Waals surface area contributed by atoms with Gasteiger partial charge in [-0.15, -0.1) is 0 Å². The Labute approximate surface area is 130 Å². The van der Waals surface area contributed by atoms with Crippen molar-refractivity contribution in [3.05, 3.63) is 27.7 Å². The molecule has 0 saturated carbocycles. The molecule has 4 heteroatoms. The largest absolute Gasteiger partial charge is 0.493 e. The summed E-state index contributed by atoms with van der Waals surface area (Å²) in [5, 5.41) is 0. The number of halogens is 1. The van der Waals surface area contributed by atoms with Crippen LogP contribution in [0.4, 0.5) is 0 Å². The summed E-state index contributed by atoms with van der Waals surface area (Å²) in [6, 6.07) is 4.41. The van der Waals surface area contributed by atoms with E-state index in [0.29, 0.717) is 5.92 Å². The molecular weight excluding hydrogens is 318 g/mol. The molecule has 2 unspecified atom stereocenters. The Morgan fingerprint density at radius 2 is 2.30 bits per heavy atom. The number of hydrogen-bond donors (Lipinski definition) is 1. The van der Waals surface area contributed by atoms with Crippen LogP contribution in [0.3, 0.4) is 0 Å². The summed E-state index contributed by atoms with van der Waals surface area (Å²) in [6.45, 7) is 6.62. The first kappa shape index (κ1) is 15.8. The normalized spacial score (nSPS) is 20.1. The molecule has 3 nitrogen and oxygen atoms in total. The number of benzene rings is 1. The fraction of sp³-hybridized carbons (Fsp3) is 0.625. The molecule has 1 aromatic rings. The summed E-state index contributed by atoms with van der Waals surface area (Å²) in [6.07, 6.45) is 2.92. The van der Waals surface area contributed by atoms with E-state index in [9.17, 15) is 0 Å². The minimum absolute atomic E-state index is 0.181. The topological polar surface area (TPSA) is 44.5 Å². The summed E-state index contributed by atoms with van der Waals surface area (Å²) in [4.78, 5) is 0. The van der Waals surface area contributed by atoms with Gasteiger partial charge >= 0.3 is 0 Å². The highest BCUT2D eigenvalue weighted by atomic mass is 79.9. The van der Waals surface area contributed by atoms with E-state index in [4.69, 9.17) is 15.2 Å². The van der Waals surface area contributed by atoms with Crippen LogP contribution >= 0.6 is 15.9 Å². The summed E-state index contributed by atoms with van der Waals surface area (Å²) < 4.78 is 12.6. The molecule has 20 heavy (non-hydrogen) atoms. The monoisotopic (exact) mass is 341 g/mol. The Morgan fingerprint density at radius 3 is 2.95 bits per heavy atom. The maximum absolute atomic E-state index is 6.10. The van der Waals surface area contributed by atoms with Gasteiger partial charge in [-0.25, -0.2) is 0 Å². The lowest BCUT2D eigenvalue weighted by Gasteiger charge is -2.18. The summed E-state index contributed by atoms with van der Waals surface area (Å²) in [5.74, 6) is 1.52. The first-order chi connectivity index (χ1) is 9.60. The van der Waals surface area contributed by atoms with Gasteiger partial charge in [-0.3, -0.25) is 0 Å². The van der Waals surface area contributed by atoms with Crippen molar-refractivity contribution in [2.75, 3.05) is 19.8 Å². The summed E-state index contributed by atoms with van der Waals surface area (Å²) >= 11 is 3.56. The van der Waals surface area contributed by atoms with E-state index in [1.807, 2.05) is 0 Å². The molecule has 2 rings (SSSR count). The molecule has 0 radical (unpaired) electrons. The van der Waals surface area contributed by atoms with Crippen LogP contribution in [0.5, 0.6) is 5.75 Å². The van der Waals surface area contributed by atoms with E-state index in [-0.39, 0.29) is 6.04 Å². The highest BCUT2D eigenvalue weighted by Gasteiger charge is 2.18. The fourth-order valence-corrected chi connectivity index (χ4v) is 3.12. The lowest BCUT2D eigenvalue weighted by molar-refractivity contribution is 0.166. The van der Waals surface area contributed by atoms with Crippen molar-refractivity contribution in [1.82, 2.24) is 0 Å². The van der Waals surface area contributed by atoms with Gasteiger partial charge in [0.05, 0.1) is 13.2 Å². The standard InChI is InChI=1S/C16H24BrNO2/c1-3-15(18)8-13-7-14(17)6-11(2)16(13)20-10-12-4-5-19-9-12/h6-7,12,15H,3-5,8-10,18H2,1-2H3. The van der Waals surface area contributed by atoms with E-state index >= 15 is 0 Å². The van der Waals surface area contributed by atoms with Gasteiger partial charge in [-0.2, -0.15) is 0 Å². The van der Waals surface area contributed by atoms with E-state index in [1.54, 1.807) is 0 Å². The number of aryl methyl sites for hydroxylation is 1. The van der Waals surface area contributed by atoms with Gasteiger partial charge in [0.1, 0.15) is 5.75 Å². The third kappa shape index (κ3) is 4.21. The van der Waals surface area contributed by atoms with Crippen LogP contribution in [0, 0.1) is 12.8 Å². The van der Waals surface area contributed by atoms with Crippen molar-refractivity contribution in [2.45, 2.75) is 39.2 Å². The molecule has 2 N–H and O–H groups in total. The third-order valence-corrected chi connectivity index (χ3v) is 4.27. The molecule has 0 spiro atoms. The highest BCUT2D eigenvalue weighted by Crippen LogP contribution is 2.30. The smallest absolute Gasteiger partial charge is 0.125 e. The molecule has 0 aromatic heterocycles. The van der Waals surface area contributed by atoms with Crippen molar-refractivity contribution >= 4 is 15.9 Å². The molecule has 1 saturated heterocycles. The molecule has 1 heterocycles. The molecule has 1 fully saturated rings. The summed E-state index contributed by atoms with van der Waals surface area (Å²) in [5.41, 5.74) is 8.46. The molecule has 1 aromatic carbocycles. The lowest BCUT2D eigenvalue weighted by atomic mass is 10.0. The third-order valence-electron chi connectivity index (χ3n) is 3.81. The Bertz CT molecular complexity index is 444. The van der Waals surface area contributed by atoms with Crippen molar-refractivity contribution in [3.63, 3.8) is 0 Å². The van der Waals surface area contributed by atoms with Gasteiger partial charge in [0.25, 0.3) is 0 Å². The van der Waals surface area contributed by atoms with Gasteiger partial charge < -0.3 is 15.2 Å². The van der Waals surface area contributed by atoms with Crippen LogP contribution < -0.4 is 10.5 Å². The molecule has 2 atom stereocenters. The van der Waals surface area contributed by atoms with Gasteiger partial charge in [0.2, 0.25) is 0 Å². The Balaban J connectivity index is 2.11. The van der Waals surface area contributed by atoms with E-state index in [0.717, 1.165) is 54.9 Å². The quantitative estimate of drug-likeness (QED) is 0.861. The second-order valence-electron chi connectivity index (χ2n) is 5.62. The van der Waals surface area contributed by atoms with Gasteiger partial charge in [-0.05, 0) is 49.4 Å². The predicted octanol–water partition coefficient (Wildman–Crippen LogP) is 3.45. The molecule has 0 amide bonds. The Morgan fingerprint density at radius 1 is 1.50 bits per heavy atom. The molecule has 1 aliphatic rings. The molecule has 0 bridgehead atoms. The van der Waals surface area contributed by atoms with Crippen LogP contribution in [-0.2, 0) is 11.2 Å². The molecule has 1 aliphatic heterocycles. The van der Waals surface area contributed by atoms with E-state index in [1.165, 1.54) is 5.56 Å². The maximum Gasteiger partial charge on any atom is 0.125 e. The van der Waals surface area contributed by atoms with Gasteiger partial charge in [0.15, 0.2) is 0 Å². The van der Waals surface area contributed by atoms with Crippen LogP contribution in [0.15, 0.2) is 16.6 Å². The lowest BCUT2D eigenvalue weighted by Crippen LogP contribution is -2.22. The Kier molecular flexibility index (Phi) is 5.87. The highest BCUT2D eigenvalue weighted by molar-refractivity contribution is 9.10. The minimum Gasteiger partial charge on any atom is -0.493 e. The van der Waals surface area contributed by atoms with Crippen molar-refractivity contribution < 1.29 is 9.47 Å². The minimum atomic E-state index is 0.181. The first-order valence-corrected chi connectivity index (χ1v) is 8.14. The summed E-state index contributed by atoms with van der Waals surface area (Å²) in [7, 11) is 0. The van der Waals surface area contributed by atoms with Gasteiger partial charge in [-0.1, -0.05) is 22.9 Å². The second kappa shape index (κ2) is 7.43. The maximum atomic E-state index is 6.10. The molecule has 112 valence electrons. The molecule has 0 aliphatic carbocycles. The van der Waals surface area contributed by atoms with Crippen molar-refractivity contribution in [1.29, 1.82) is 0 Å². The first-order valence-electron chi connectivity index (χ1n) is 7.35. The number of ether oxygens (including phenoxy) is 2. The van der Waals surface area contributed by atoms with E-state index in [2.05, 4.69) is 41.9 Å². The zero-order valence-electron chi connectivity index (χ0n) is 12.3. The fourth-order valence-electron chi connectivity index (χ4n) is 2.50. The zero-order chi connectivity index (χ0) is 14.5. The number of rotatable bonds is 6. The zero-order valence-corrected chi connectivity index (χ0v) is 13.9. The van der Waals surface area contributed by atoms with Crippen molar-refractivity contribution in [2.24, 2.45) is 11.7 Å². The Hall–Kier alpha value is -0.580. The average Bonchev–Trinajstić information content (AvgIpc) is 2.90. The second-order valence-corrected chi connectivity index (χ2v) is 6.54.